The van der Waals surface area contributed by atoms with E-state index in [2.05, 4.69) is 20.3 Å². The van der Waals surface area contributed by atoms with Crippen molar-refractivity contribution in [3.63, 3.8) is 0 Å². The third kappa shape index (κ3) is 4.67. The Morgan fingerprint density at radius 1 is 1.12 bits per heavy atom. The molecule has 0 fully saturated rings. The van der Waals surface area contributed by atoms with E-state index in [1.807, 2.05) is 11.9 Å². The summed E-state index contributed by atoms with van der Waals surface area (Å²) in [6.07, 6.45) is 4.78. The van der Waals surface area contributed by atoms with Gasteiger partial charge in [0, 0.05) is 45.9 Å². The SMILES string of the molecule is CN1CCCN(C)c2ncnc3c2C(C=Nc2ccc(Cl)c(c2)OCCCC1=O)C(=O)N3. The lowest BCUT2D eigenvalue weighted by atomic mass is 10.0. The second kappa shape index (κ2) is 9.52. The van der Waals surface area contributed by atoms with Gasteiger partial charge in [0.2, 0.25) is 11.8 Å². The Bertz CT molecular complexity index is 1060. The second-order valence-electron chi connectivity index (χ2n) is 7.86. The summed E-state index contributed by atoms with van der Waals surface area (Å²) in [5.41, 5.74) is 1.30. The van der Waals surface area contributed by atoms with Gasteiger partial charge in [0.15, 0.2) is 0 Å². The number of nitrogens with one attached hydrogen (secondary N) is 1. The van der Waals surface area contributed by atoms with Crippen LogP contribution in [0.25, 0.3) is 0 Å². The van der Waals surface area contributed by atoms with Crippen LogP contribution in [-0.2, 0) is 9.59 Å². The monoisotopic (exact) mass is 456 g/mol. The van der Waals surface area contributed by atoms with Crippen molar-refractivity contribution in [3.05, 3.63) is 35.1 Å². The Kier molecular flexibility index (Phi) is 6.55. The molecule has 1 aromatic heterocycles. The molecule has 1 atom stereocenters. The molecule has 4 rings (SSSR count). The highest BCUT2D eigenvalue weighted by molar-refractivity contribution is 6.32. The Labute approximate surface area is 191 Å². The van der Waals surface area contributed by atoms with Crippen molar-refractivity contribution < 1.29 is 14.3 Å². The van der Waals surface area contributed by atoms with E-state index in [9.17, 15) is 9.59 Å². The van der Waals surface area contributed by atoms with Crippen LogP contribution >= 0.6 is 11.6 Å². The highest BCUT2D eigenvalue weighted by Crippen LogP contribution is 2.36. The van der Waals surface area contributed by atoms with Crippen LogP contribution in [0.15, 0.2) is 29.5 Å². The lowest BCUT2D eigenvalue weighted by molar-refractivity contribution is -0.130. The van der Waals surface area contributed by atoms with E-state index in [1.54, 1.807) is 36.4 Å². The second-order valence-corrected chi connectivity index (χ2v) is 8.27. The molecule has 0 saturated heterocycles. The van der Waals surface area contributed by atoms with E-state index < -0.39 is 5.92 Å². The number of aliphatic imine (C=N–C) groups is 1. The van der Waals surface area contributed by atoms with Gasteiger partial charge in [-0.3, -0.25) is 14.6 Å². The van der Waals surface area contributed by atoms with Crippen LogP contribution in [0.5, 0.6) is 5.75 Å². The number of benzene rings is 1. The first-order valence-corrected chi connectivity index (χ1v) is 10.9. The number of hydrogen-bond acceptors (Lipinski definition) is 7. The number of carbonyl (C=O) groups excluding carboxylic acids is 2. The number of aromatic nitrogens is 2. The van der Waals surface area contributed by atoms with Crippen LogP contribution in [0, 0.1) is 0 Å². The molecule has 32 heavy (non-hydrogen) atoms. The van der Waals surface area contributed by atoms with Crippen molar-refractivity contribution in [1.82, 2.24) is 14.9 Å². The third-order valence-electron chi connectivity index (χ3n) is 5.55. The van der Waals surface area contributed by atoms with Crippen molar-refractivity contribution in [2.75, 3.05) is 44.0 Å². The fraction of sp³-hybridized carbons (Fsp3) is 0.409. The fourth-order valence-electron chi connectivity index (χ4n) is 3.76. The molecule has 2 aliphatic heterocycles. The summed E-state index contributed by atoms with van der Waals surface area (Å²) in [6.45, 7) is 1.66. The number of halogens is 1. The molecule has 1 N–H and O–H groups in total. The average Bonchev–Trinajstić information content (AvgIpc) is 3.10. The number of anilines is 2. The third-order valence-corrected chi connectivity index (χ3v) is 5.86. The molecule has 9 nitrogen and oxygen atoms in total. The molecular weight excluding hydrogens is 432 g/mol. The number of nitrogens with zero attached hydrogens (tertiary/aromatic N) is 5. The minimum atomic E-state index is -0.619. The average molecular weight is 457 g/mol. The Balaban J connectivity index is 1.69. The van der Waals surface area contributed by atoms with Crippen LogP contribution in [0.4, 0.5) is 17.3 Å². The fourth-order valence-corrected chi connectivity index (χ4v) is 3.93. The van der Waals surface area contributed by atoms with Gasteiger partial charge < -0.3 is 19.9 Å². The summed E-state index contributed by atoms with van der Waals surface area (Å²) in [6, 6.07) is 5.18. The van der Waals surface area contributed by atoms with Crippen molar-refractivity contribution in [1.29, 1.82) is 0 Å². The number of fused-ring (bicyclic) bond motifs is 2. The summed E-state index contributed by atoms with van der Waals surface area (Å²) in [5.74, 6) is 0.893. The first-order valence-electron chi connectivity index (χ1n) is 10.5. The zero-order chi connectivity index (χ0) is 22.7. The summed E-state index contributed by atoms with van der Waals surface area (Å²) in [4.78, 5) is 41.9. The van der Waals surface area contributed by atoms with Crippen LogP contribution in [-0.4, -0.2) is 66.7 Å². The normalized spacial score (nSPS) is 19.7. The zero-order valence-electron chi connectivity index (χ0n) is 18.0. The van der Waals surface area contributed by atoms with Crippen molar-refractivity contribution in [3.8, 4) is 5.75 Å². The number of hydrogen-bond donors (Lipinski definition) is 1. The van der Waals surface area contributed by atoms with E-state index in [0.717, 1.165) is 6.42 Å². The molecule has 2 aliphatic rings. The molecule has 168 valence electrons. The maximum Gasteiger partial charge on any atom is 0.238 e. The molecule has 2 aromatic rings. The van der Waals surface area contributed by atoms with E-state index in [-0.39, 0.29) is 11.8 Å². The van der Waals surface area contributed by atoms with E-state index in [1.165, 1.54) is 6.33 Å². The van der Waals surface area contributed by atoms with Gasteiger partial charge in [0.1, 0.15) is 29.6 Å². The van der Waals surface area contributed by atoms with Gasteiger partial charge in [0.25, 0.3) is 0 Å². The minimum absolute atomic E-state index is 0.0691. The Morgan fingerprint density at radius 2 is 1.94 bits per heavy atom. The Morgan fingerprint density at radius 3 is 2.78 bits per heavy atom. The zero-order valence-corrected chi connectivity index (χ0v) is 18.8. The molecule has 0 radical (unpaired) electrons. The van der Waals surface area contributed by atoms with Crippen LogP contribution < -0.4 is 15.0 Å². The first-order chi connectivity index (χ1) is 15.4. The molecule has 2 bridgehead atoms. The number of ether oxygens (including phenoxy) is 1. The number of amides is 2. The van der Waals surface area contributed by atoms with E-state index in [4.69, 9.17) is 16.3 Å². The molecule has 0 aliphatic carbocycles. The van der Waals surface area contributed by atoms with Crippen LogP contribution in [0.3, 0.4) is 0 Å². The summed E-state index contributed by atoms with van der Waals surface area (Å²) >= 11 is 6.25. The van der Waals surface area contributed by atoms with Crippen LogP contribution in [0.1, 0.15) is 30.7 Å². The highest BCUT2D eigenvalue weighted by Gasteiger charge is 2.34. The molecule has 3 heterocycles. The van der Waals surface area contributed by atoms with Gasteiger partial charge in [-0.25, -0.2) is 9.97 Å². The smallest absolute Gasteiger partial charge is 0.238 e. The Hall–Kier alpha value is -3.20. The van der Waals surface area contributed by atoms with Gasteiger partial charge in [-0.2, -0.15) is 0 Å². The first kappa shape index (κ1) is 22.0. The molecule has 0 saturated carbocycles. The van der Waals surface area contributed by atoms with Crippen molar-refractivity contribution in [2.45, 2.75) is 25.2 Å². The molecule has 1 aromatic carbocycles. The maximum atomic E-state index is 12.7. The van der Waals surface area contributed by atoms with Gasteiger partial charge >= 0.3 is 0 Å². The lowest BCUT2D eigenvalue weighted by Gasteiger charge is -2.23. The summed E-state index contributed by atoms with van der Waals surface area (Å²) in [5, 5.41) is 3.27. The van der Waals surface area contributed by atoms with Crippen LogP contribution in [0.2, 0.25) is 5.02 Å². The molecular formula is C22H25ClN6O3. The molecule has 1 unspecified atom stereocenters. The van der Waals surface area contributed by atoms with E-state index >= 15 is 0 Å². The lowest BCUT2D eigenvalue weighted by Crippen LogP contribution is -2.31. The van der Waals surface area contributed by atoms with Crippen molar-refractivity contribution >= 4 is 47.0 Å². The predicted octanol–water partition coefficient (Wildman–Crippen LogP) is 3.03. The standard InChI is InChI=1S/C22H25ClN6O3/c1-28-8-4-9-29(2)21-19-15(22(31)27-20(19)25-13-26-21)12-24-14-6-7-16(23)17(11-14)32-10-3-5-18(28)30/h6-7,11-13,15H,3-5,8-10H2,1-2H3,(H,25,26,27,31). The molecule has 10 heteroatoms. The van der Waals surface area contributed by atoms with Gasteiger partial charge in [0.05, 0.1) is 22.9 Å². The summed E-state index contributed by atoms with van der Waals surface area (Å²) < 4.78 is 5.78. The van der Waals surface area contributed by atoms with Gasteiger partial charge in [-0.1, -0.05) is 11.6 Å². The topological polar surface area (TPSA) is 100 Å². The predicted molar refractivity (Wildman–Crippen MR) is 123 cm³/mol. The summed E-state index contributed by atoms with van der Waals surface area (Å²) in [7, 11) is 3.72. The van der Waals surface area contributed by atoms with Gasteiger partial charge in [-0.05, 0) is 25.0 Å². The number of rotatable bonds is 0. The molecule has 2 amide bonds. The number of carbonyl (C=O) groups is 2. The minimum Gasteiger partial charge on any atom is -0.492 e. The van der Waals surface area contributed by atoms with E-state index in [0.29, 0.717) is 66.2 Å². The molecule has 0 spiro atoms. The van der Waals surface area contributed by atoms with Gasteiger partial charge in [-0.15, -0.1) is 0 Å². The highest BCUT2D eigenvalue weighted by atomic mass is 35.5. The maximum absolute atomic E-state index is 12.7. The quantitative estimate of drug-likeness (QED) is 0.654. The van der Waals surface area contributed by atoms with Crippen molar-refractivity contribution in [2.24, 2.45) is 4.99 Å². The largest absolute Gasteiger partial charge is 0.492 e.